The molecule has 8 unspecified atom stereocenters. The largest absolute Gasteiger partial charge is 0.393 e. The summed E-state index contributed by atoms with van der Waals surface area (Å²) in [7, 11) is 0. The van der Waals surface area contributed by atoms with E-state index < -0.39 is 0 Å². The van der Waals surface area contributed by atoms with E-state index >= 15 is 0 Å². The smallest absolute Gasteiger partial charge is 0.0577 e. The first-order valence-corrected chi connectivity index (χ1v) is 13.2. The molecule has 0 spiro atoms. The Labute approximate surface area is 187 Å². The fourth-order valence-corrected chi connectivity index (χ4v) is 8.02. The molecule has 1 heteroatoms. The highest BCUT2D eigenvalue weighted by Gasteiger charge is 2.52. The Hall–Kier alpha value is -0.560. The van der Waals surface area contributed by atoms with Gasteiger partial charge in [0.05, 0.1) is 6.10 Å². The number of aliphatic hydroxyl groups is 1. The third kappa shape index (κ3) is 4.62. The zero-order valence-corrected chi connectivity index (χ0v) is 21.1. The molecule has 172 valence electrons. The fraction of sp³-hybridized carbons (Fsp3) is 0.862. The molecule has 0 aliphatic heterocycles. The van der Waals surface area contributed by atoms with Gasteiger partial charge >= 0.3 is 0 Å². The van der Waals surface area contributed by atoms with E-state index in [2.05, 4.69) is 66.7 Å². The van der Waals surface area contributed by atoms with Gasteiger partial charge in [-0.05, 0) is 97.7 Å². The average molecular weight is 415 g/mol. The zero-order chi connectivity index (χ0) is 22.1. The Bertz CT molecular complexity index is 630. The summed E-state index contributed by atoms with van der Waals surface area (Å²) in [5, 5.41) is 10.2. The van der Waals surface area contributed by atoms with E-state index in [1.54, 1.807) is 5.57 Å². The standard InChI is InChI=1S/C29H50O/c1-8-22(20(3)4)11-10-21(5)26(9-2)28(6)16-15-27-23(19-28)12-13-24-18-25(30)14-17-29(24,27)7/h10-11,13,20-23,25-27,30H,8-9,12,14-19H2,1-7H3/b11-10-. The highest BCUT2D eigenvalue weighted by Crippen LogP contribution is 2.61. The van der Waals surface area contributed by atoms with Crippen molar-refractivity contribution in [3.63, 3.8) is 0 Å². The molecule has 0 aromatic heterocycles. The monoisotopic (exact) mass is 414 g/mol. The molecule has 0 saturated heterocycles. The lowest BCUT2D eigenvalue weighted by Gasteiger charge is -2.57. The molecule has 3 aliphatic carbocycles. The molecule has 1 nitrogen and oxygen atoms in total. The van der Waals surface area contributed by atoms with Crippen LogP contribution in [-0.4, -0.2) is 11.2 Å². The lowest BCUT2D eigenvalue weighted by molar-refractivity contribution is -0.0310. The van der Waals surface area contributed by atoms with Crippen LogP contribution in [0, 0.1) is 46.3 Å². The number of fused-ring (bicyclic) bond motifs is 3. The summed E-state index contributed by atoms with van der Waals surface area (Å²) >= 11 is 0. The van der Waals surface area contributed by atoms with Gasteiger partial charge in [0.25, 0.3) is 0 Å². The molecule has 0 aromatic carbocycles. The Morgan fingerprint density at radius 2 is 1.80 bits per heavy atom. The lowest BCUT2D eigenvalue weighted by atomic mass is 9.48. The first kappa shape index (κ1) is 24.1. The van der Waals surface area contributed by atoms with E-state index in [9.17, 15) is 5.11 Å². The van der Waals surface area contributed by atoms with Gasteiger partial charge in [-0.15, -0.1) is 0 Å². The average Bonchev–Trinajstić information content (AvgIpc) is 2.69. The van der Waals surface area contributed by atoms with Crippen molar-refractivity contribution < 1.29 is 5.11 Å². The normalized spacial score (nSPS) is 39.9. The minimum Gasteiger partial charge on any atom is -0.393 e. The van der Waals surface area contributed by atoms with Crippen molar-refractivity contribution >= 4 is 0 Å². The lowest BCUT2D eigenvalue weighted by Crippen LogP contribution is -2.48. The van der Waals surface area contributed by atoms with Gasteiger partial charge in [-0.3, -0.25) is 0 Å². The van der Waals surface area contributed by atoms with E-state index in [-0.39, 0.29) is 6.10 Å². The van der Waals surface area contributed by atoms with Crippen LogP contribution in [0.2, 0.25) is 0 Å². The molecule has 0 bridgehead atoms. The SMILES string of the molecule is CCC(/C=C\C(C)C(CC)C1(C)CCC2C(CC=C3CC(O)CCC32C)C1)C(C)C. The second-order valence-corrected chi connectivity index (χ2v) is 12.1. The molecule has 30 heavy (non-hydrogen) atoms. The summed E-state index contributed by atoms with van der Waals surface area (Å²) in [5.74, 6) is 4.59. The van der Waals surface area contributed by atoms with Crippen molar-refractivity contribution in [1.82, 2.24) is 0 Å². The second-order valence-electron chi connectivity index (χ2n) is 12.1. The molecule has 8 atom stereocenters. The van der Waals surface area contributed by atoms with Crippen molar-refractivity contribution in [1.29, 1.82) is 0 Å². The van der Waals surface area contributed by atoms with Crippen molar-refractivity contribution in [3.8, 4) is 0 Å². The van der Waals surface area contributed by atoms with Gasteiger partial charge in [0.15, 0.2) is 0 Å². The van der Waals surface area contributed by atoms with Gasteiger partial charge in [0, 0.05) is 0 Å². The van der Waals surface area contributed by atoms with E-state index in [1.165, 1.54) is 44.9 Å². The highest BCUT2D eigenvalue weighted by molar-refractivity contribution is 5.24. The maximum absolute atomic E-state index is 10.2. The molecule has 0 aromatic rings. The van der Waals surface area contributed by atoms with Gasteiger partial charge in [0.2, 0.25) is 0 Å². The summed E-state index contributed by atoms with van der Waals surface area (Å²) < 4.78 is 0. The second kappa shape index (κ2) is 9.51. The molecular formula is C29H50O. The number of hydrogen-bond acceptors (Lipinski definition) is 1. The molecule has 0 radical (unpaired) electrons. The topological polar surface area (TPSA) is 20.2 Å². The molecular weight excluding hydrogens is 364 g/mol. The van der Waals surface area contributed by atoms with Gasteiger partial charge in [-0.1, -0.05) is 78.7 Å². The van der Waals surface area contributed by atoms with Crippen LogP contribution in [-0.2, 0) is 0 Å². The fourth-order valence-electron chi connectivity index (χ4n) is 8.02. The summed E-state index contributed by atoms with van der Waals surface area (Å²) in [4.78, 5) is 0. The highest BCUT2D eigenvalue weighted by atomic mass is 16.3. The number of aliphatic hydroxyl groups excluding tert-OH is 1. The van der Waals surface area contributed by atoms with Crippen LogP contribution in [0.5, 0.6) is 0 Å². The molecule has 1 N–H and O–H groups in total. The van der Waals surface area contributed by atoms with Crippen LogP contribution < -0.4 is 0 Å². The van der Waals surface area contributed by atoms with Gasteiger partial charge in [-0.2, -0.15) is 0 Å². The van der Waals surface area contributed by atoms with Crippen molar-refractivity contribution in [3.05, 3.63) is 23.8 Å². The Morgan fingerprint density at radius 3 is 2.43 bits per heavy atom. The van der Waals surface area contributed by atoms with E-state index in [4.69, 9.17) is 0 Å². The first-order valence-electron chi connectivity index (χ1n) is 13.2. The van der Waals surface area contributed by atoms with E-state index in [0.29, 0.717) is 16.7 Å². The van der Waals surface area contributed by atoms with Gasteiger partial charge in [0.1, 0.15) is 0 Å². The quantitative estimate of drug-likeness (QED) is 0.416. The van der Waals surface area contributed by atoms with Gasteiger partial charge < -0.3 is 5.11 Å². The molecule has 3 aliphatic rings. The van der Waals surface area contributed by atoms with Crippen LogP contribution in [0.3, 0.4) is 0 Å². The maximum Gasteiger partial charge on any atom is 0.0577 e. The minimum absolute atomic E-state index is 0.0929. The minimum atomic E-state index is -0.0929. The Morgan fingerprint density at radius 1 is 1.07 bits per heavy atom. The van der Waals surface area contributed by atoms with Crippen LogP contribution in [0.1, 0.15) is 106 Å². The maximum atomic E-state index is 10.2. The molecule has 2 fully saturated rings. The van der Waals surface area contributed by atoms with E-state index in [0.717, 1.165) is 42.4 Å². The summed E-state index contributed by atoms with van der Waals surface area (Å²) in [5.41, 5.74) is 2.42. The number of hydrogen-bond donors (Lipinski definition) is 1. The molecule has 0 amide bonds. The number of rotatable bonds is 7. The Balaban J connectivity index is 1.74. The van der Waals surface area contributed by atoms with Crippen molar-refractivity contribution in [2.24, 2.45) is 46.3 Å². The van der Waals surface area contributed by atoms with E-state index in [1.807, 2.05) is 0 Å². The zero-order valence-electron chi connectivity index (χ0n) is 21.1. The van der Waals surface area contributed by atoms with Crippen molar-refractivity contribution in [2.45, 2.75) is 112 Å². The third-order valence-corrected chi connectivity index (χ3v) is 9.95. The van der Waals surface area contributed by atoms with Crippen LogP contribution in [0.4, 0.5) is 0 Å². The summed E-state index contributed by atoms with van der Waals surface area (Å²) in [6.45, 7) is 17.1. The predicted octanol–water partition coefficient (Wildman–Crippen LogP) is 8.19. The Kier molecular flexibility index (Phi) is 7.64. The molecule has 3 rings (SSSR count). The summed E-state index contributed by atoms with van der Waals surface area (Å²) in [6.07, 6.45) is 18.7. The third-order valence-electron chi connectivity index (χ3n) is 9.95. The first-order chi connectivity index (χ1) is 14.1. The van der Waals surface area contributed by atoms with Crippen LogP contribution in [0.25, 0.3) is 0 Å². The molecule has 0 heterocycles. The molecule has 2 saturated carbocycles. The predicted molar refractivity (Wildman–Crippen MR) is 130 cm³/mol. The number of allylic oxidation sites excluding steroid dienone is 3. The van der Waals surface area contributed by atoms with Crippen LogP contribution in [0.15, 0.2) is 23.8 Å². The van der Waals surface area contributed by atoms with Crippen molar-refractivity contribution in [2.75, 3.05) is 0 Å². The van der Waals surface area contributed by atoms with Crippen LogP contribution >= 0.6 is 0 Å². The summed E-state index contributed by atoms with van der Waals surface area (Å²) in [6, 6.07) is 0. The van der Waals surface area contributed by atoms with Gasteiger partial charge in [-0.25, -0.2) is 0 Å².